The predicted molar refractivity (Wildman–Crippen MR) is 99.3 cm³/mol. The van der Waals surface area contributed by atoms with E-state index < -0.39 is 0 Å². The number of hydrogen-bond donors (Lipinski definition) is 2. The number of quaternary nitrogens is 1. The first-order valence-corrected chi connectivity index (χ1v) is 8.53. The van der Waals surface area contributed by atoms with Crippen LogP contribution in [0.4, 0.5) is 5.69 Å². The average Bonchev–Trinajstić information content (AvgIpc) is 2.63. The number of rotatable bonds is 8. The van der Waals surface area contributed by atoms with Crippen LogP contribution in [0.3, 0.4) is 0 Å². The van der Waals surface area contributed by atoms with Crippen LogP contribution in [-0.4, -0.2) is 32.7 Å². The molecule has 1 unspecified atom stereocenters. The molecule has 25 heavy (non-hydrogen) atoms. The minimum Gasteiger partial charge on any atom is -0.493 e. The van der Waals surface area contributed by atoms with Crippen LogP contribution in [0.5, 0.6) is 11.5 Å². The van der Waals surface area contributed by atoms with Crippen molar-refractivity contribution in [1.29, 1.82) is 0 Å². The molecule has 2 N–H and O–H groups in total. The Kier molecular flexibility index (Phi) is 6.83. The highest BCUT2D eigenvalue weighted by atomic mass is 16.5. The quantitative estimate of drug-likeness (QED) is 0.772. The first kappa shape index (κ1) is 18.8. The summed E-state index contributed by atoms with van der Waals surface area (Å²) in [5, 5.41) is 2.95. The van der Waals surface area contributed by atoms with Crippen molar-refractivity contribution in [2.24, 2.45) is 0 Å². The van der Waals surface area contributed by atoms with Crippen LogP contribution in [0.1, 0.15) is 19.4 Å². The topological polar surface area (TPSA) is 52.0 Å². The lowest BCUT2D eigenvalue weighted by molar-refractivity contribution is -0.907. The molecule has 2 rings (SSSR count). The molecular weight excluding hydrogens is 316 g/mol. The number of ether oxygens (including phenoxy) is 2. The van der Waals surface area contributed by atoms with Gasteiger partial charge >= 0.3 is 0 Å². The second-order valence-electron chi connectivity index (χ2n) is 6.02. The van der Waals surface area contributed by atoms with Crippen molar-refractivity contribution in [3.05, 3.63) is 54.1 Å². The number of hydrogen-bond acceptors (Lipinski definition) is 3. The monoisotopic (exact) mass is 343 g/mol. The Morgan fingerprint density at radius 2 is 1.88 bits per heavy atom. The fraction of sp³-hybridized carbons (Fsp3) is 0.350. The van der Waals surface area contributed by atoms with E-state index in [0.717, 1.165) is 21.9 Å². The summed E-state index contributed by atoms with van der Waals surface area (Å²) in [4.78, 5) is 13.5. The molecule has 2 aromatic rings. The second-order valence-corrected chi connectivity index (χ2v) is 6.02. The van der Waals surface area contributed by atoms with E-state index in [1.165, 1.54) is 0 Å². The zero-order valence-electron chi connectivity index (χ0n) is 15.3. The molecule has 1 amide bonds. The van der Waals surface area contributed by atoms with Crippen LogP contribution in [0.25, 0.3) is 0 Å². The minimum atomic E-state index is -0.183. The van der Waals surface area contributed by atoms with Crippen molar-refractivity contribution in [3.63, 3.8) is 0 Å². The van der Waals surface area contributed by atoms with Gasteiger partial charge in [0.15, 0.2) is 17.5 Å². The van der Waals surface area contributed by atoms with Crippen LogP contribution < -0.4 is 19.7 Å². The van der Waals surface area contributed by atoms with Gasteiger partial charge in [0, 0.05) is 11.3 Å². The highest BCUT2D eigenvalue weighted by molar-refractivity contribution is 5.93. The van der Waals surface area contributed by atoms with Gasteiger partial charge in [-0.1, -0.05) is 18.2 Å². The molecule has 0 aromatic heterocycles. The van der Waals surface area contributed by atoms with E-state index in [1.807, 2.05) is 69.4 Å². The largest absolute Gasteiger partial charge is 0.493 e. The summed E-state index contributed by atoms with van der Waals surface area (Å²) in [7, 11) is 3.65. The molecular formula is C20H27N2O3+. The maximum Gasteiger partial charge on any atom is 0.282 e. The predicted octanol–water partition coefficient (Wildman–Crippen LogP) is 2.14. The maximum absolute atomic E-state index is 12.4. The van der Waals surface area contributed by atoms with Crippen molar-refractivity contribution in [2.45, 2.75) is 26.4 Å². The molecule has 0 heterocycles. The third kappa shape index (κ3) is 5.22. The van der Waals surface area contributed by atoms with E-state index in [1.54, 1.807) is 7.11 Å². The number of amides is 1. The van der Waals surface area contributed by atoms with Gasteiger partial charge in [-0.25, -0.2) is 0 Å². The van der Waals surface area contributed by atoms with Gasteiger partial charge in [-0.15, -0.1) is 0 Å². The van der Waals surface area contributed by atoms with Crippen LogP contribution in [0.2, 0.25) is 0 Å². The van der Waals surface area contributed by atoms with Crippen LogP contribution in [-0.2, 0) is 11.3 Å². The molecule has 0 fully saturated rings. The summed E-state index contributed by atoms with van der Waals surface area (Å²) >= 11 is 0. The highest BCUT2D eigenvalue weighted by Gasteiger charge is 2.22. The molecule has 2 atom stereocenters. The maximum atomic E-state index is 12.4. The molecule has 0 bridgehead atoms. The number of methoxy groups -OCH3 is 1. The second kappa shape index (κ2) is 9.08. The lowest BCUT2D eigenvalue weighted by Gasteiger charge is -2.21. The van der Waals surface area contributed by atoms with Crippen molar-refractivity contribution < 1.29 is 19.2 Å². The summed E-state index contributed by atoms with van der Waals surface area (Å²) in [5.74, 6) is 1.46. The van der Waals surface area contributed by atoms with E-state index in [9.17, 15) is 4.79 Å². The molecule has 0 aliphatic carbocycles. The molecule has 0 aliphatic heterocycles. The number of likely N-dealkylation sites (N-methyl/N-ethyl adjacent to an activating group) is 1. The standard InChI is InChI=1S/C20H26N2O3/c1-5-25-18-12-11-16(13-19(18)24-4)14-22(3)15(2)20(23)21-17-9-7-6-8-10-17/h6-13,15H,5,14H2,1-4H3,(H,21,23)/p+1/t15-/m0/s1. The van der Waals surface area contributed by atoms with E-state index in [-0.39, 0.29) is 11.9 Å². The van der Waals surface area contributed by atoms with Crippen molar-refractivity contribution in [1.82, 2.24) is 0 Å². The Hall–Kier alpha value is -2.53. The SMILES string of the molecule is CCOc1ccc(C[NH+](C)[C@@H](C)C(=O)Nc2ccccc2)cc1OC. The summed E-state index contributed by atoms with van der Waals surface area (Å²) < 4.78 is 10.9. The Morgan fingerprint density at radius 3 is 2.52 bits per heavy atom. The molecule has 134 valence electrons. The van der Waals surface area contributed by atoms with Gasteiger partial charge in [-0.05, 0) is 44.2 Å². The Morgan fingerprint density at radius 1 is 1.16 bits per heavy atom. The first-order chi connectivity index (χ1) is 12.0. The van der Waals surface area contributed by atoms with Gasteiger partial charge in [0.2, 0.25) is 0 Å². The van der Waals surface area contributed by atoms with Crippen LogP contribution >= 0.6 is 0 Å². The van der Waals surface area contributed by atoms with Crippen molar-refractivity contribution >= 4 is 11.6 Å². The fourth-order valence-corrected chi connectivity index (χ4v) is 2.57. The molecule has 0 aliphatic rings. The van der Waals surface area contributed by atoms with Gasteiger partial charge in [0.25, 0.3) is 5.91 Å². The Labute approximate surface area is 149 Å². The highest BCUT2D eigenvalue weighted by Crippen LogP contribution is 2.27. The van der Waals surface area contributed by atoms with E-state index in [2.05, 4.69) is 5.32 Å². The molecule has 0 radical (unpaired) electrons. The Balaban J connectivity index is 2.00. The molecule has 0 spiro atoms. The number of nitrogens with one attached hydrogen (secondary N) is 2. The Bertz CT molecular complexity index is 689. The molecule has 2 aromatic carbocycles. The third-order valence-corrected chi connectivity index (χ3v) is 4.18. The van der Waals surface area contributed by atoms with Gasteiger partial charge in [-0.2, -0.15) is 0 Å². The minimum absolute atomic E-state index is 0.00148. The summed E-state index contributed by atoms with van der Waals surface area (Å²) in [6.07, 6.45) is 0. The molecule has 5 heteroatoms. The summed E-state index contributed by atoms with van der Waals surface area (Å²) in [6, 6.07) is 15.2. The molecule has 0 saturated heterocycles. The zero-order chi connectivity index (χ0) is 18.2. The number of carbonyl (C=O) groups excluding carboxylic acids is 1. The number of anilines is 1. The van der Waals surface area contributed by atoms with Crippen molar-refractivity contribution in [2.75, 3.05) is 26.1 Å². The van der Waals surface area contributed by atoms with Gasteiger partial charge < -0.3 is 19.7 Å². The lowest BCUT2D eigenvalue weighted by atomic mass is 10.1. The van der Waals surface area contributed by atoms with Crippen molar-refractivity contribution in [3.8, 4) is 11.5 Å². The average molecular weight is 343 g/mol. The molecule has 0 saturated carbocycles. The third-order valence-electron chi connectivity index (χ3n) is 4.18. The molecule has 5 nitrogen and oxygen atoms in total. The van der Waals surface area contributed by atoms with Gasteiger partial charge in [0.1, 0.15) is 6.54 Å². The smallest absolute Gasteiger partial charge is 0.282 e. The number of para-hydroxylation sites is 1. The zero-order valence-corrected chi connectivity index (χ0v) is 15.3. The van der Waals surface area contributed by atoms with E-state index in [0.29, 0.717) is 18.9 Å². The van der Waals surface area contributed by atoms with Crippen LogP contribution in [0.15, 0.2) is 48.5 Å². The van der Waals surface area contributed by atoms with E-state index in [4.69, 9.17) is 9.47 Å². The van der Waals surface area contributed by atoms with Gasteiger partial charge in [0.05, 0.1) is 20.8 Å². The van der Waals surface area contributed by atoms with Crippen LogP contribution in [0, 0.1) is 0 Å². The normalized spacial score (nSPS) is 13.0. The summed E-state index contributed by atoms with van der Waals surface area (Å²) in [6.45, 7) is 5.18. The fourth-order valence-electron chi connectivity index (χ4n) is 2.57. The lowest BCUT2D eigenvalue weighted by Crippen LogP contribution is -3.12. The van der Waals surface area contributed by atoms with E-state index >= 15 is 0 Å². The number of benzene rings is 2. The number of carbonyl (C=O) groups is 1. The van der Waals surface area contributed by atoms with Gasteiger partial charge in [-0.3, -0.25) is 4.79 Å². The first-order valence-electron chi connectivity index (χ1n) is 8.53. The summed E-state index contributed by atoms with van der Waals surface area (Å²) in [5.41, 5.74) is 1.91.